The molecule has 2 N–H and O–H groups in total. The molecule has 4 nitrogen and oxygen atoms in total. The van der Waals surface area contributed by atoms with Crippen molar-refractivity contribution in [2.75, 3.05) is 6.54 Å². The van der Waals surface area contributed by atoms with Crippen molar-refractivity contribution >= 4 is 27.8 Å². The molecule has 0 aliphatic heterocycles. The molecule has 1 amide bonds. The topological polar surface area (TPSA) is 66.4 Å². The number of amides is 1. The van der Waals surface area contributed by atoms with Crippen molar-refractivity contribution in [2.24, 2.45) is 5.41 Å². The zero-order valence-corrected chi connectivity index (χ0v) is 12.8. The van der Waals surface area contributed by atoms with Crippen LogP contribution in [0, 0.1) is 5.41 Å². The lowest BCUT2D eigenvalue weighted by atomic mass is 9.86. The number of carbonyl (C=O) groups is 2. The van der Waals surface area contributed by atoms with E-state index in [1.54, 1.807) is 0 Å². The van der Waals surface area contributed by atoms with Gasteiger partial charge in [0.15, 0.2) is 0 Å². The number of aliphatic carboxylic acids is 1. The summed E-state index contributed by atoms with van der Waals surface area (Å²) in [6, 6.07) is 7.54. The summed E-state index contributed by atoms with van der Waals surface area (Å²) in [5.74, 6) is -0.918. The van der Waals surface area contributed by atoms with Crippen molar-refractivity contribution in [1.29, 1.82) is 0 Å². The van der Waals surface area contributed by atoms with Crippen molar-refractivity contribution in [2.45, 2.75) is 32.1 Å². The third-order valence-corrected chi connectivity index (χ3v) is 4.44. The summed E-state index contributed by atoms with van der Waals surface area (Å²) in [5.41, 5.74) is 0.163. The summed E-state index contributed by atoms with van der Waals surface area (Å²) < 4.78 is 0.970. The van der Waals surface area contributed by atoms with Crippen molar-refractivity contribution < 1.29 is 14.7 Å². The van der Waals surface area contributed by atoms with Gasteiger partial charge < -0.3 is 10.4 Å². The van der Waals surface area contributed by atoms with Gasteiger partial charge in [-0.25, -0.2) is 0 Å². The number of carboxylic acids is 1. The maximum atomic E-state index is 11.9. The van der Waals surface area contributed by atoms with E-state index in [0.29, 0.717) is 12.8 Å². The Kier molecular flexibility index (Phi) is 4.81. The van der Waals surface area contributed by atoms with E-state index < -0.39 is 11.4 Å². The molecular formula is C15H18BrNO3. The molecule has 1 saturated carbocycles. The quantitative estimate of drug-likeness (QED) is 0.866. The number of nitrogens with one attached hydrogen (secondary N) is 1. The van der Waals surface area contributed by atoms with Gasteiger partial charge in [-0.3, -0.25) is 9.59 Å². The minimum Gasteiger partial charge on any atom is -0.481 e. The Morgan fingerprint density at radius 2 is 1.80 bits per heavy atom. The molecule has 0 bridgehead atoms. The lowest BCUT2D eigenvalue weighted by Crippen LogP contribution is -2.41. The van der Waals surface area contributed by atoms with Crippen LogP contribution in [0.5, 0.6) is 0 Å². The van der Waals surface area contributed by atoms with Crippen LogP contribution in [0.1, 0.15) is 31.2 Å². The highest BCUT2D eigenvalue weighted by molar-refractivity contribution is 9.10. The molecule has 0 atom stereocenters. The third-order valence-electron chi connectivity index (χ3n) is 3.92. The molecule has 0 spiro atoms. The third kappa shape index (κ3) is 3.60. The molecule has 0 radical (unpaired) electrons. The van der Waals surface area contributed by atoms with E-state index >= 15 is 0 Å². The fourth-order valence-electron chi connectivity index (χ4n) is 2.64. The van der Waals surface area contributed by atoms with Crippen LogP contribution >= 0.6 is 15.9 Å². The van der Waals surface area contributed by atoms with Crippen molar-refractivity contribution in [1.82, 2.24) is 5.32 Å². The molecule has 1 aromatic carbocycles. The first kappa shape index (κ1) is 15.0. The molecule has 0 aromatic heterocycles. The average molecular weight is 340 g/mol. The van der Waals surface area contributed by atoms with Gasteiger partial charge in [-0.15, -0.1) is 0 Å². The monoisotopic (exact) mass is 339 g/mol. The molecule has 2 rings (SSSR count). The summed E-state index contributed by atoms with van der Waals surface area (Å²) in [5, 5.41) is 12.1. The van der Waals surface area contributed by atoms with Crippen LogP contribution < -0.4 is 5.32 Å². The van der Waals surface area contributed by atoms with Crippen molar-refractivity contribution in [3.8, 4) is 0 Å². The Morgan fingerprint density at radius 3 is 2.35 bits per heavy atom. The Balaban J connectivity index is 1.88. The zero-order valence-electron chi connectivity index (χ0n) is 11.2. The molecule has 1 fully saturated rings. The highest BCUT2D eigenvalue weighted by Crippen LogP contribution is 2.37. The van der Waals surface area contributed by atoms with Crippen molar-refractivity contribution in [3.63, 3.8) is 0 Å². The summed E-state index contributed by atoms with van der Waals surface area (Å²) in [4.78, 5) is 23.3. The van der Waals surface area contributed by atoms with Gasteiger partial charge in [-0.1, -0.05) is 40.9 Å². The second-order valence-corrected chi connectivity index (χ2v) is 6.29. The first-order chi connectivity index (χ1) is 9.52. The number of benzene rings is 1. The van der Waals surface area contributed by atoms with E-state index in [1.807, 2.05) is 24.3 Å². The first-order valence-electron chi connectivity index (χ1n) is 6.76. The Bertz CT molecular complexity index is 492. The molecule has 20 heavy (non-hydrogen) atoms. The molecule has 1 aliphatic carbocycles. The van der Waals surface area contributed by atoms with E-state index in [-0.39, 0.29) is 18.9 Å². The number of hydrogen-bond donors (Lipinski definition) is 2. The summed E-state index contributed by atoms with van der Waals surface area (Å²) >= 11 is 3.34. The van der Waals surface area contributed by atoms with Crippen LogP contribution in [0.25, 0.3) is 0 Å². The maximum absolute atomic E-state index is 11.9. The Morgan fingerprint density at radius 1 is 1.20 bits per heavy atom. The SMILES string of the molecule is O=C(Cc1ccc(Br)cc1)NCC1(C(=O)O)CCCC1. The van der Waals surface area contributed by atoms with Gasteiger partial charge in [0.2, 0.25) is 5.91 Å². The summed E-state index contributed by atoms with van der Waals surface area (Å²) in [6.07, 6.45) is 3.44. The second kappa shape index (κ2) is 6.39. The van der Waals surface area contributed by atoms with E-state index in [0.717, 1.165) is 22.9 Å². The number of carboxylic acid groups (broad SMARTS) is 1. The number of rotatable bonds is 5. The van der Waals surface area contributed by atoms with Crippen LogP contribution in [-0.2, 0) is 16.0 Å². The molecule has 1 aliphatic rings. The largest absolute Gasteiger partial charge is 0.481 e. The molecular weight excluding hydrogens is 322 g/mol. The van der Waals surface area contributed by atoms with Gasteiger partial charge in [-0.2, -0.15) is 0 Å². The van der Waals surface area contributed by atoms with Gasteiger partial charge in [-0.05, 0) is 30.5 Å². The first-order valence-corrected chi connectivity index (χ1v) is 7.56. The highest BCUT2D eigenvalue weighted by atomic mass is 79.9. The predicted molar refractivity (Wildman–Crippen MR) is 79.4 cm³/mol. The van der Waals surface area contributed by atoms with E-state index in [9.17, 15) is 14.7 Å². The minimum atomic E-state index is -0.793. The van der Waals surface area contributed by atoms with E-state index in [1.165, 1.54) is 0 Å². The lowest BCUT2D eigenvalue weighted by molar-refractivity contribution is -0.148. The highest BCUT2D eigenvalue weighted by Gasteiger charge is 2.41. The number of halogens is 1. The van der Waals surface area contributed by atoms with Crippen LogP contribution in [0.15, 0.2) is 28.7 Å². The molecule has 1 aromatic rings. The summed E-state index contributed by atoms with van der Waals surface area (Å²) in [7, 11) is 0. The minimum absolute atomic E-state index is 0.125. The average Bonchev–Trinajstić information content (AvgIpc) is 2.89. The van der Waals surface area contributed by atoms with Gasteiger partial charge in [0, 0.05) is 11.0 Å². The maximum Gasteiger partial charge on any atom is 0.311 e. The van der Waals surface area contributed by atoms with E-state index in [4.69, 9.17) is 0 Å². The zero-order chi connectivity index (χ0) is 14.6. The van der Waals surface area contributed by atoms with Gasteiger partial charge in [0.25, 0.3) is 0 Å². The van der Waals surface area contributed by atoms with Crippen LogP contribution in [0.4, 0.5) is 0 Å². The lowest BCUT2D eigenvalue weighted by Gasteiger charge is -2.23. The fourth-order valence-corrected chi connectivity index (χ4v) is 2.90. The molecule has 0 heterocycles. The van der Waals surface area contributed by atoms with Gasteiger partial charge >= 0.3 is 5.97 Å². The molecule has 0 saturated heterocycles. The standard InChI is InChI=1S/C15H18BrNO3/c16-12-5-3-11(4-6-12)9-13(18)17-10-15(14(19)20)7-1-2-8-15/h3-6H,1-2,7-10H2,(H,17,18)(H,19,20). The Hall–Kier alpha value is -1.36. The van der Waals surface area contributed by atoms with E-state index in [2.05, 4.69) is 21.2 Å². The molecule has 0 unspecified atom stereocenters. The smallest absolute Gasteiger partial charge is 0.311 e. The second-order valence-electron chi connectivity index (χ2n) is 5.37. The molecule has 108 valence electrons. The number of hydrogen-bond acceptors (Lipinski definition) is 2. The Labute approximate surface area is 126 Å². The summed E-state index contributed by atoms with van der Waals surface area (Å²) in [6.45, 7) is 0.234. The normalized spacial score (nSPS) is 16.9. The van der Waals surface area contributed by atoms with Crippen LogP contribution in [-0.4, -0.2) is 23.5 Å². The van der Waals surface area contributed by atoms with Gasteiger partial charge in [0.1, 0.15) is 0 Å². The number of carbonyl (C=O) groups excluding carboxylic acids is 1. The fraction of sp³-hybridized carbons (Fsp3) is 0.467. The van der Waals surface area contributed by atoms with Crippen LogP contribution in [0.3, 0.4) is 0 Å². The molecule has 5 heteroatoms. The predicted octanol–water partition coefficient (Wildman–Crippen LogP) is 2.75. The van der Waals surface area contributed by atoms with Crippen LogP contribution in [0.2, 0.25) is 0 Å². The van der Waals surface area contributed by atoms with Crippen molar-refractivity contribution in [3.05, 3.63) is 34.3 Å². The van der Waals surface area contributed by atoms with Gasteiger partial charge in [0.05, 0.1) is 11.8 Å².